The number of amides is 2. The molecule has 2 heterocycles. The molecule has 2 aliphatic heterocycles. The second kappa shape index (κ2) is 6.27. The maximum atomic E-state index is 12.9. The first kappa shape index (κ1) is 17.6. The van der Waals surface area contributed by atoms with Crippen molar-refractivity contribution in [1.29, 1.82) is 0 Å². The van der Waals surface area contributed by atoms with E-state index in [9.17, 15) is 19.5 Å². The van der Waals surface area contributed by atoms with Crippen LogP contribution in [0.2, 0.25) is 0 Å². The number of para-hydroxylation sites is 1. The third-order valence-electron chi connectivity index (χ3n) is 4.24. The first-order chi connectivity index (χ1) is 11.8. The molecule has 1 aromatic carbocycles. The fourth-order valence-electron chi connectivity index (χ4n) is 3.05. The number of benzene rings is 1. The van der Waals surface area contributed by atoms with Gasteiger partial charge in [-0.3, -0.25) is 14.5 Å². The molecule has 0 aromatic heterocycles. The summed E-state index contributed by atoms with van der Waals surface area (Å²) in [7, 11) is 1.64. The third kappa shape index (κ3) is 2.65. The number of hydrogen-bond donors (Lipinski definition) is 1. The molecule has 1 fully saturated rings. The molecular formula is C17H16N2O4S2. The molecule has 1 N–H and O–H groups in total. The zero-order valence-corrected chi connectivity index (χ0v) is 15.5. The summed E-state index contributed by atoms with van der Waals surface area (Å²) in [6.45, 7) is 3.43. The highest BCUT2D eigenvalue weighted by molar-refractivity contribution is 8.26. The Morgan fingerprint density at radius 2 is 1.84 bits per heavy atom. The fourth-order valence-corrected chi connectivity index (χ4v) is 4.45. The van der Waals surface area contributed by atoms with E-state index in [4.69, 9.17) is 12.2 Å². The van der Waals surface area contributed by atoms with Crippen molar-refractivity contribution in [3.05, 3.63) is 34.7 Å². The molecule has 6 nitrogen and oxygen atoms in total. The molecule has 1 atom stereocenters. The average Bonchev–Trinajstić information content (AvgIpc) is 2.96. The molecular weight excluding hydrogens is 360 g/mol. The highest BCUT2D eigenvalue weighted by Crippen LogP contribution is 2.44. The molecule has 2 aliphatic rings. The first-order valence-electron chi connectivity index (χ1n) is 7.65. The van der Waals surface area contributed by atoms with Gasteiger partial charge in [-0.2, -0.15) is 0 Å². The van der Waals surface area contributed by atoms with Crippen molar-refractivity contribution >= 4 is 57.3 Å². The molecule has 25 heavy (non-hydrogen) atoms. The van der Waals surface area contributed by atoms with Gasteiger partial charge in [-0.1, -0.05) is 56.0 Å². The Morgan fingerprint density at radius 1 is 1.20 bits per heavy atom. The standard InChI is InChI=1S/C17H16N2O4S2/c1-8(2)12(16(22)23)19-15(21)13(25-17(19)24)11-9-6-4-5-7-10(9)18(3)14(11)20/h4-8,12H,1-3H3,(H,22,23)/b13-11-/t12-/m0/s1. The summed E-state index contributed by atoms with van der Waals surface area (Å²) in [6.07, 6.45) is 0. The number of aliphatic carboxylic acids is 1. The number of thiocarbonyl (C=S) groups is 1. The number of anilines is 1. The van der Waals surface area contributed by atoms with Gasteiger partial charge < -0.3 is 10.0 Å². The van der Waals surface area contributed by atoms with E-state index >= 15 is 0 Å². The average molecular weight is 376 g/mol. The number of carboxylic acids is 1. The fraction of sp³-hybridized carbons (Fsp3) is 0.294. The Hall–Kier alpha value is -2.19. The van der Waals surface area contributed by atoms with E-state index in [2.05, 4.69) is 0 Å². The SMILES string of the molecule is CC(C)[C@@H](C(=O)O)N1C(=O)/C(=C2/C(=O)N(C)c3ccccc32)SC1=S. The second-order valence-corrected chi connectivity index (χ2v) is 7.80. The number of likely N-dealkylation sites (N-methyl/N-ethyl adjacent to an activating group) is 1. The zero-order chi connectivity index (χ0) is 18.5. The van der Waals surface area contributed by atoms with Crippen molar-refractivity contribution in [2.45, 2.75) is 19.9 Å². The lowest BCUT2D eigenvalue weighted by atomic mass is 10.0. The monoisotopic (exact) mass is 376 g/mol. The van der Waals surface area contributed by atoms with Crippen LogP contribution >= 0.6 is 24.0 Å². The predicted octanol–water partition coefficient (Wildman–Crippen LogP) is 2.34. The van der Waals surface area contributed by atoms with Crippen LogP contribution < -0.4 is 4.90 Å². The van der Waals surface area contributed by atoms with Crippen molar-refractivity contribution in [2.24, 2.45) is 5.92 Å². The van der Waals surface area contributed by atoms with E-state index in [1.165, 1.54) is 4.90 Å². The van der Waals surface area contributed by atoms with Crippen LogP contribution in [0.5, 0.6) is 0 Å². The Kier molecular flexibility index (Phi) is 4.42. The van der Waals surface area contributed by atoms with Gasteiger partial charge in [0, 0.05) is 12.6 Å². The number of carbonyl (C=O) groups excluding carboxylic acids is 2. The molecule has 8 heteroatoms. The summed E-state index contributed by atoms with van der Waals surface area (Å²) in [5.41, 5.74) is 1.66. The Balaban J connectivity index is 2.13. The van der Waals surface area contributed by atoms with E-state index < -0.39 is 17.9 Å². The lowest BCUT2D eigenvalue weighted by Gasteiger charge is -2.26. The van der Waals surface area contributed by atoms with Gasteiger partial charge in [0.15, 0.2) is 0 Å². The maximum absolute atomic E-state index is 12.9. The smallest absolute Gasteiger partial charge is 0.327 e. The van der Waals surface area contributed by atoms with Crippen LogP contribution in [0.1, 0.15) is 19.4 Å². The highest BCUT2D eigenvalue weighted by Gasteiger charge is 2.45. The van der Waals surface area contributed by atoms with Crippen LogP contribution in [0.15, 0.2) is 29.2 Å². The second-order valence-electron chi connectivity index (χ2n) is 6.16. The van der Waals surface area contributed by atoms with Crippen molar-refractivity contribution in [3.63, 3.8) is 0 Å². The lowest BCUT2D eigenvalue weighted by molar-refractivity contribution is -0.146. The Labute approximate surface area is 154 Å². The molecule has 0 unspecified atom stereocenters. The summed E-state index contributed by atoms with van der Waals surface area (Å²) >= 11 is 6.25. The van der Waals surface area contributed by atoms with E-state index in [0.29, 0.717) is 11.3 Å². The molecule has 0 bridgehead atoms. The summed E-state index contributed by atoms with van der Waals surface area (Å²) in [6, 6.07) is 6.12. The van der Waals surface area contributed by atoms with Crippen LogP contribution in [-0.2, 0) is 14.4 Å². The van der Waals surface area contributed by atoms with Gasteiger partial charge in [-0.15, -0.1) is 0 Å². The van der Waals surface area contributed by atoms with Gasteiger partial charge in [0.2, 0.25) is 0 Å². The minimum absolute atomic E-state index is 0.161. The van der Waals surface area contributed by atoms with Crippen LogP contribution in [0.3, 0.4) is 0 Å². The molecule has 0 aliphatic carbocycles. The van der Waals surface area contributed by atoms with Crippen molar-refractivity contribution in [1.82, 2.24) is 4.90 Å². The summed E-state index contributed by atoms with van der Waals surface area (Å²) in [5.74, 6) is -2.26. The van der Waals surface area contributed by atoms with Gasteiger partial charge in [-0.25, -0.2) is 4.79 Å². The molecule has 130 valence electrons. The van der Waals surface area contributed by atoms with Crippen LogP contribution in [0.25, 0.3) is 5.57 Å². The number of nitrogens with zero attached hydrogens (tertiary/aromatic N) is 2. The van der Waals surface area contributed by atoms with Gasteiger partial charge in [0.05, 0.1) is 16.2 Å². The quantitative estimate of drug-likeness (QED) is 0.644. The van der Waals surface area contributed by atoms with E-state index in [1.807, 2.05) is 6.07 Å². The van der Waals surface area contributed by atoms with E-state index in [0.717, 1.165) is 16.7 Å². The molecule has 0 radical (unpaired) electrons. The number of fused-ring (bicyclic) bond motifs is 1. The molecule has 1 saturated heterocycles. The normalized spacial score (nSPS) is 21.4. The number of carbonyl (C=O) groups is 3. The number of carboxylic acid groups (broad SMARTS) is 1. The highest BCUT2D eigenvalue weighted by atomic mass is 32.2. The van der Waals surface area contributed by atoms with Crippen molar-refractivity contribution < 1.29 is 19.5 Å². The molecule has 1 aromatic rings. The van der Waals surface area contributed by atoms with E-state index in [-0.39, 0.29) is 26.6 Å². The van der Waals surface area contributed by atoms with E-state index in [1.54, 1.807) is 39.1 Å². The van der Waals surface area contributed by atoms with Crippen LogP contribution in [-0.4, -0.2) is 45.2 Å². The minimum Gasteiger partial charge on any atom is -0.480 e. The molecule has 3 rings (SSSR count). The number of rotatable bonds is 3. The van der Waals surface area contributed by atoms with Gasteiger partial charge in [0.25, 0.3) is 11.8 Å². The predicted molar refractivity (Wildman–Crippen MR) is 100 cm³/mol. The molecule has 2 amide bonds. The van der Waals surface area contributed by atoms with Crippen LogP contribution in [0.4, 0.5) is 5.69 Å². The van der Waals surface area contributed by atoms with Crippen molar-refractivity contribution in [3.8, 4) is 0 Å². The molecule has 0 spiro atoms. The van der Waals surface area contributed by atoms with Crippen LogP contribution in [0, 0.1) is 5.92 Å². The molecule has 0 saturated carbocycles. The third-order valence-corrected chi connectivity index (χ3v) is 5.64. The summed E-state index contributed by atoms with van der Waals surface area (Å²) in [5, 5.41) is 9.49. The number of thioether (sulfide) groups is 1. The summed E-state index contributed by atoms with van der Waals surface area (Å²) < 4.78 is 0.161. The number of hydrogen-bond acceptors (Lipinski definition) is 5. The topological polar surface area (TPSA) is 77.9 Å². The maximum Gasteiger partial charge on any atom is 0.327 e. The Morgan fingerprint density at radius 3 is 2.44 bits per heavy atom. The first-order valence-corrected chi connectivity index (χ1v) is 8.88. The lowest BCUT2D eigenvalue weighted by Crippen LogP contribution is -2.47. The van der Waals surface area contributed by atoms with Gasteiger partial charge in [0.1, 0.15) is 10.4 Å². The summed E-state index contributed by atoms with van der Waals surface area (Å²) in [4.78, 5) is 40.0. The zero-order valence-electron chi connectivity index (χ0n) is 13.8. The van der Waals surface area contributed by atoms with Gasteiger partial charge >= 0.3 is 5.97 Å². The largest absolute Gasteiger partial charge is 0.480 e. The Bertz CT molecular complexity index is 847. The van der Waals surface area contributed by atoms with Gasteiger partial charge in [-0.05, 0) is 12.0 Å². The van der Waals surface area contributed by atoms with Crippen molar-refractivity contribution in [2.75, 3.05) is 11.9 Å². The minimum atomic E-state index is -1.12.